The van der Waals surface area contributed by atoms with Crippen LogP contribution in [-0.2, 0) is 9.22 Å². The predicted octanol–water partition coefficient (Wildman–Crippen LogP) is 6.73. The maximum absolute atomic E-state index is 12.1. The van der Waals surface area contributed by atoms with E-state index in [2.05, 4.69) is 59.7 Å². The summed E-state index contributed by atoms with van der Waals surface area (Å²) in [5, 5.41) is 0. The average molecular weight is 405 g/mol. The molecule has 1 aromatic rings. The zero-order chi connectivity index (χ0) is 20.8. The lowest BCUT2D eigenvalue weighted by atomic mass is 9.76. The number of carbonyl (C=O) groups is 1. The molecule has 1 aliphatic carbocycles. The maximum Gasteiger partial charge on any atom is 0.192 e. The Kier molecular flexibility index (Phi) is 8.32. The van der Waals surface area contributed by atoms with E-state index in [9.17, 15) is 4.79 Å². The van der Waals surface area contributed by atoms with Crippen LogP contribution in [0.3, 0.4) is 0 Å². The number of hydrogen-bond donors (Lipinski definition) is 0. The van der Waals surface area contributed by atoms with E-state index in [0.29, 0.717) is 18.3 Å². The third-order valence-electron chi connectivity index (χ3n) is 6.73. The van der Waals surface area contributed by atoms with Crippen molar-refractivity contribution in [1.82, 2.24) is 0 Å². The summed E-state index contributed by atoms with van der Waals surface area (Å²) in [6.45, 7) is 13.9. The van der Waals surface area contributed by atoms with Crippen LogP contribution in [0.2, 0.25) is 18.1 Å². The lowest BCUT2D eigenvalue weighted by molar-refractivity contribution is -0.124. The van der Waals surface area contributed by atoms with Gasteiger partial charge in [-0.3, -0.25) is 4.79 Å². The fourth-order valence-electron chi connectivity index (χ4n) is 4.51. The standard InChI is InChI=1S/C24H40O3Si/c1-7-28(8-2,9-3)27-24(5,6)16-17-26-21-13-10-12-20(18-21)22-14-11-15-23(25)19(22)4/h10,12-13,18-19,22H,7-9,11,14-17H2,1-6H3/t19-,22+/m1/s1. The van der Waals surface area contributed by atoms with Crippen LogP contribution in [0.25, 0.3) is 0 Å². The summed E-state index contributed by atoms with van der Waals surface area (Å²) < 4.78 is 12.8. The molecule has 0 aromatic heterocycles. The third kappa shape index (κ3) is 5.93. The van der Waals surface area contributed by atoms with Crippen molar-refractivity contribution in [2.45, 2.75) is 96.9 Å². The van der Waals surface area contributed by atoms with Crippen molar-refractivity contribution < 1.29 is 14.0 Å². The first kappa shape index (κ1) is 23.1. The lowest BCUT2D eigenvalue weighted by Crippen LogP contribution is -2.44. The maximum atomic E-state index is 12.1. The van der Waals surface area contributed by atoms with Crippen LogP contribution >= 0.6 is 0 Å². The molecule has 0 spiro atoms. The molecule has 1 fully saturated rings. The van der Waals surface area contributed by atoms with Crippen LogP contribution in [0, 0.1) is 5.92 Å². The number of Topliss-reactive ketones (excluding diaryl/α,β-unsaturated/α-hetero) is 1. The van der Waals surface area contributed by atoms with Crippen LogP contribution in [0.5, 0.6) is 5.75 Å². The highest BCUT2D eigenvalue weighted by atomic mass is 28.4. The van der Waals surface area contributed by atoms with Gasteiger partial charge in [0.05, 0.1) is 12.2 Å². The molecule has 1 aromatic carbocycles. The lowest BCUT2D eigenvalue weighted by Gasteiger charge is -2.38. The van der Waals surface area contributed by atoms with Crippen molar-refractivity contribution in [2.75, 3.05) is 6.61 Å². The molecule has 0 aliphatic heterocycles. The van der Waals surface area contributed by atoms with E-state index in [0.717, 1.165) is 31.4 Å². The van der Waals surface area contributed by atoms with Gasteiger partial charge in [0.15, 0.2) is 8.32 Å². The number of ether oxygens (including phenoxy) is 1. The Hall–Kier alpha value is -1.13. The monoisotopic (exact) mass is 404 g/mol. The van der Waals surface area contributed by atoms with E-state index < -0.39 is 8.32 Å². The highest BCUT2D eigenvalue weighted by Crippen LogP contribution is 2.37. The van der Waals surface area contributed by atoms with Gasteiger partial charge in [0.25, 0.3) is 0 Å². The molecule has 0 bridgehead atoms. The molecule has 0 amide bonds. The molecule has 0 unspecified atom stereocenters. The molecule has 0 heterocycles. The van der Waals surface area contributed by atoms with E-state index >= 15 is 0 Å². The molecule has 1 aliphatic rings. The SMILES string of the molecule is CC[Si](CC)(CC)OC(C)(C)CCOc1cccc([C@H]2CCCC(=O)[C@@H]2C)c1. The number of hydrogen-bond acceptors (Lipinski definition) is 3. The summed E-state index contributed by atoms with van der Waals surface area (Å²) in [5.41, 5.74) is 1.08. The highest BCUT2D eigenvalue weighted by molar-refractivity contribution is 6.73. The number of ketones is 1. The highest BCUT2D eigenvalue weighted by Gasteiger charge is 2.35. The predicted molar refractivity (Wildman–Crippen MR) is 120 cm³/mol. The van der Waals surface area contributed by atoms with Gasteiger partial charge >= 0.3 is 0 Å². The third-order valence-corrected chi connectivity index (χ3v) is 11.6. The van der Waals surface area contributed by atoms with E-state index in [1.54, 1.807) is 0 Å². The number of carbonyl (C=O) groups excluding carboxylic acids is 1. The Morgan fingerprint density at radius 1 is 1.14 bits per heavy atom. The molecule has 2 atom stereocenters. The molecule has 3 nitrogen and oxygen atoms in total. The fourth-order valence-corrected chi connectivity index (χ4v) is 7.71. The van der Waals surface area contributed by atoms with Crippen LogP contribution in [0.1, 0.15) is 78.7 Å². The van der Waals surface area contributed by atoms with Gasteiger partial charge in [-0.05, 0) is 68.4 Å². The van der Waals surface area contributed by atoms with Crippen LogP contribution < -0.4 is 4.74 Å². The smallest absolute Gasteiger partial charge is 0.192 e. The van der Waals surface area contributed by atoms with E-state index in [1.165, 1.54) is 23.7 Å². The largest absolute Gasteiger partial charge is 0.493 e. The fraction of sp³-hybridized carbons (Fsp3) is 0.708. The normalized spacial score (nSPS) is 21.0. The Balaban J connectivity index is 1.95. The van der Waals surface area contributed by atoms with E-state index in [4.69, 9.17) is 9.16 Å². The topological polar surface area (TPSA) is 35.5 Å². The van der Waals surface area contributed by atoms with Gasteiger partial charge in [-0.2, -0.15) is 0 Å². The van der Waals surface area contributed by atoms with Gasteiger partial charge in [0.2, 0.25) is 0 Å². The average Bonchev–Trinajstić information content (AvgIpc) is 2.68. The molecule has 1 saturated carbocycles. The Labute approximate surface area is 173 Å². The molecule has 0 saturated heterocycles. The molecule has 2 rings (SSSR count). The molecule has 158 valence electrons. The van der Waals surface area contributed by atoms with Crippen molar-refractivity contribution in [3.05, 3.63) is 29.8 Å². The quantitative estimate of drug-likeness (QED) is 0.406. The Morgan fingerprint density at radius 2 is 1.82 bits per heavy atom. The minimum atomic E-state index is -1.62. The van der Waals surface area contributed by atoms with E-state index in [1.807, 2.05) is 6.07 Å². The zero-order valence-corrected chi connectivity index (χ0v) is 19.8. The van der Waals surface area contributed by atoms with Gasteiger partial charge in [0.1, 0.15) is 11.5 Å². The molecular weight excluding hydrogens is 364 g/mol. The zero-order valence-electron chi connectivity index (χ0n) is 18.8. The Bertz CT molecular complexity index is 628. The summed E-state index contributed by atoms with van der Waals surface area (Å²) in [5.74, 6) is 1.75. The summed E-state index contributed by atoms with van der Waals surface area (Å²) in [6.07, 6.45) is 3.71. The summed E-state index contributed by atoms with van der Waals surface area (Å²) >= 11 is 0. The van der Waals surface area contributed by atoms with Crippen molar-refractivity contribution >= 4 is 14.1 Å². The van der Waals surface area contributed by atoms with Crippen LogP contribution in [0.15, 0.2) is 24.3 Å². The first-order chi connectivity index (χ1) is 13.3. The van der Waals surface area contributed by atoms with Gasteiger partial charge in [-0.25, -0.2) is 0 Å². The second-order valence-corrected chi connectivity index (χ2v) is 13.7. The van der Waals surface area contributed by atoms with E-state index in [-0.39, 0.29) is 11.5 Å². The van der Waals surface area contributed by atoms with Crippen molar-refractivity contribution in [2.24, 2.45) is 5.92 Å². The number of rotatable bonds is 10. The summed E-state index contributed by atoms with van der Waals surface area (Å²) in [6, 6.07) is 11.9. The van der Waals surface area contributed by atoms with Gasteiger partial charge < -0.3 is 9.16 Å². The summed E-state index contributed by atoms with van der Waals surface area (Å²) in [7, 11) is -1.62. The van der Waals surface area contributed by atoms with Crippen molar-refractivity contribution in [3.63, 3.8) is 0 Å². The second kappa shape index (κ2) is 10.1. The Morgan fingerprint density at radius 3 is 2.46 bits per heavy atom. The first-order valence-corrected chi connectivity index (χ1v) is 13.7. The number of benzene rings is 1. The minimum absolute atomic E-state index is 0.117. The first-order valence-electron chi connectivity index (χ1n) is 11.2. The van der Waals surface area contributed by atoms with Gasteiger partial charge in [0, 0.05) is 18.8 Å². The van der Waals surface area contributed by atoms with Gasteiger partial charge in [-0.15, -0.1) is 0 Å². The van der Waals surface area contributed by atoms with Crippen molar-refractivity contribution in [3.8, 4) is 5.75 Å². The molecule has 0 N–H and O–H groups in total. The van der Waals surface area contributed by atoms with Crippen LogP contribution in [0.4, 0.5) is 0 Å². The molecule has 0 radical (unpaired) electrons. The van der Waals surface area contributed by atoms with Gasteiger partial charge in [-0.1, -0.05) is 39.8 Å². The molecule has 4 heteroatoms. The van der Waals surface area contributed by atoms with Crippen molar-refractivity contribution in [1.29, 1.82) is 0 Å². The van der Waals surface area contributed by atoms with Crippen LogP contribution in [-0.4, -0.2) is 26.3 Å². The molecular formula is C24H40O3Si. The minimum Gasteiger partial charge on any atom is -0.493 e. The summed E-state index contributed by atoms with van der Waals surface area (Å²) in [4.78, 5) is 12.1. The molecule has 28 heavy (non-hydrogen) atoms. The second-order valence-electron chi connectivity index (χ2n) is 9.03.